The summed E-state index contributed by atoms with van der Waals surface area (Å²) < 4.78 is 11.6. The fourth-order valence-electron chi connectivity index (χ4n) is 3.38. The van der Waals surface area contributed by atoms with E-state index >= 15 is 0 Å². The van der Waals surface area contributed by atoms with E-state index in [0.29, 0.717) is 44.8 Å². The smallest absolute Gasteiger partial charge is 0.285 e. The van der Waals surface area contributed by atoms with Crippen LogP contribution in [0.25, 0.3) is 6.08 Å². The lowest BCUT2D eigenvalue weighted by molar-refractivity contribution is -0.123. The molecule has 4 rings (SSSR count). The highest BCUT2D eigenvalue weighted by molar-refractivity contribution is 8.26. The largest absolute Gasteiger partial charge is 0.490 e. The van der Waals surface area contributed by atoms with Crippen LogP contribution in [-0.4, -0.2) is 40.3 Å². The summed E-state index contributed by atoms with van der Waals surface area (Å²) in [6, 6.07) is 20.4. The van der Waals surface area contributed by atoms with Crippen LogP contribution >= 0.6 is 35.6 Å². The molecule has 3 amide bonds. The van der Waals surface area contributed by atoms with E-state index in [1.165, 1.54) is 0 Å². The summed E-state index contributed by atoms with van der Waals surface area (Å²) in [6.45, 7) is 1.94. The maximum Gasteiger partial charge on any atom is 0.285 e. The van der Waals surface area contributed by atoms with Gasteiger partial charge in [0.1, 0.15) is 0 Å². The van der Waals surface area contributed by atoms with E-state index in [0.717, 1.165) is 16.8 Å². The molecule has 38 heavy (non-hydrogen) atoms. The summed E-state index contributed by atoms with van der Waals surface area (Å²) in [7, 11) is 0. The first-order valence-electron chi connectivity index (χ1n) is 11.4. The molecule has 1 heterocycles. The first-order valence-corrected chi connectivity index (χ1v) is 13.0. The van der Waals surface area contributed by atoms with Crippen molar-refractivity contribution in [2.24, 2.45) is 0 Å². The molecular weight excluding hydrogens is 546 g/mol. The molecule has 1 aliphatic rings. The van der Waals surface area contributed by atoms with Crippen molar-refractivity contribution in [3.8, 4) is 11.5 Å². The topological polar surface area (TPSA) is 97.0 Å². The zero-order chi connectivity index (χ0) is 27.1. The van der Waals surface area contributed by atoms with Crippen LogP contribution in [0.2, 0.25) is 5.02 Å². The summed E-state index contributed by atoms with van der Waals surface area (Å²) in [5.41, 5.74) is 4.17. The van der Waals surface area contributed by atoms with Crippen LogP contribution in [0, 0.1) is 0 Å². The van der Waals surface area contributed by atoms with Gasteiger partial charge in [0.15, 0.2) is 22.4 Å². The van der Waals surface area contributed by atoms with Crippen LogP contribution in [0.4, 0.5) is 5.69 Å². The monoisotopic (exact) mass is 567 g/mol. The van der Waals surface area contributed by atoms with E-state index in [-0.39, 0.29) is 16.8 Å². The third-order valence-electron chi connectivity index (χ3n) is 5.08. The van der Waals surface area contributed by atoms with Crippen LogP contribution in [0.3, 0.4) is 0 Å². The molecule has 2 N–H and O–H groups in total. The third kappa shape index (κ3) is 6.91. The molecule has 1 saturated heterocycles. The number of thioether (sulfide) groups is 1. The van der Waals surface area contributed by atoms with Crippen molar-refractivity contribution in [1.29, 1.82) is 0 Å². The molecule has 0 bridgehead atoms. The fraction of sp³-hybridized carbons (Fsp3) is 0.111. The first kappa shape index (κ1) is 27.2. The van der Waals surface area contributed by atoms with Crippen molar-refractivity contribution in [2.75, 3.05) is 18.5 Å². The van der Waals surface area contributed by atoms with Gasteiger partial charge in [0.25, 0.3) is 17.7 Å². The second-order valence-electron chi connectivity index (χ2n) is 7.81. The standard InChI is InChI=1S/C27H22ClN3O5S2/c1-2-35-22-13-17(11-12-21(22)36-16-24(32)29-20-10-6-9-19(28)15-20)14-23-26(34)31(27(37)38-23)30-25(33)18-7-4-3-5-8-18/h3-15H,2,16H2,1H3,(H,29,32)(H,30,33)/b23-14+. The lowest BCUT2D eigenvalue weighted by Crippen LogP contribution is -2.44. The highest BCUT2D eigenvalue weighted by Crippen LogP contribution is 2.34. The van der Waals surface area contributed by atoms with Crippen molar-refractivity contribution < 1.29 is 23.9 Å². The van der Waals surface area contributed by atoms with Crippen molar-refractivity contribution in [3.05, 3.63) is 93.9 Å². The predicted molar refractivity (Wildman–Crippen MR) is 152 cm³/mol. The Morgan fingerprint density at radius 1 is 1.03 bits per heavy atom. The Morgan fingerprint density at radius 3 is 2.55 bits per heavy atom. The van der Waals surface area contributed by atoms with Gasteiger partial charge in [-0.2, -0.15) is 5.01 Å². The maximum absolute atomic E-state index is 12.9. The molecule has 1 aliphatic heterocycles. The number of anilines is 1. The molecule has 0 atom stereocenters. The number of carbonyl (C=O) groups is 3. The Bertz CT molecular complexity index is 1410. The van der Waals surface area contributed by atoms with Crippen LogP contribution in [0.1, 0.15) is 22.8 Å². The Morgan fingerprint density at radius 2 is 1.82 bits per heavy atom. The summed E-state index contributed by atoms with van der Waals surface area (Å²) in [5.74, 6) is -0.472. The number of hydrogen-bond donors (Lipinski definition) is 2. The van der Waals surface area contributed by atoms with E-state index in [1.54, 1.807) is 78.9 Å². The van der Waals surface area contributed by atoms with Crippen LogP contribution in [0.15, 0.2) is 77.7 Å². The van der Waals surface area contributed by atoms with Crippen molar-refractivity contribution in [2.45, 2.75) is 6.92 Å². The molecule has 0 saturated carbocycles. The molecular formula is C27H22ClN3O5S2. The number of hydrogen-bond acceptors (Lipinski definition) is 7. The number of thiocarbonyl (C=S) groups is 1. The number of carbonyl (C=O) groups excluding carboxylic acids is 3. The number of rotatable bonds is 9. The average molecular weight is 568 g/mol. The second kappa shape index (κ2) is 12.6. The molecule has 0 spiro atoms. The Balaban J connectivity index is 1.43. The van der Waals surface area contributed by atoms with Crippen LogP contribution in [-0.2, 0) is 9.59 Å². The van der Waals surface area contributed by atoms with Gasteiger partial charge in [0, 0.05) is 16.3 Å². The number of nitrogens with zero attached hydrogens (tertiary/aromatic N) is 1. The normalized spacial score (nSPS) is 13.9. The summed E-state index contributed by atoms with van der Waals surface area (Å²) in [5, 5.41) is 4.28. The quantitative estimate of drug-likeness (QED) is 0.267. The van der Waals surface area contributed by atoms with Gasteiger partial charge in [-0.25, -0.2) is 0 Å². The third-order valence-corrected chi connectivity index (χ3v) is 6.61. The zero-order valence-electron chi connectivity index (χ0n) is 20.1. The molecule has 8 nitrogen and oxygen atoms in total. The van der Waals surface area contributed by atoms with Gasteiger partial charge in [-0.1, -0.05) is 53.7 Å². The maximum atomic E-state index is 12.9. The SMILES string of the molecule is CCOc1cc(/C=C2/SC(=S)N(NC(=O)c3ccccc3)C2=O)ccc1OCC(=O)Nc1cccc(Cl)c1. The zero-order valence-corrected chi connectivity index (χ0v) is 22.5. The minimum atomic E-state index is -0.444. The number of halogens is 1. The van der Waals surface area contributed by atoms with E-state index in [2.05, 4.69) is 10.7 Å². The van der Waals surface area contributed by atoms with E-state index in [1.807, 2.05) is 6.92 Å². The highest BCUT2D eigenvalue weighted by atomic mass is 35.5. The Labute approximate surface area is 233 Å². The van der Waals surface area contributed by atoms with E-state index < -0.39 is 11.8 Å². The molecule has 1 fully saturated rings. The van der Waals surface area contributed by atoms with Gasteiger partial charge in [-0.15, -0.1) is 0 Å². The molecule has 11 heteroatoms. The minimum Gasteiger partial charge on any atom is -0.490 e. The number of amides is 3. The van der Waals surface area contributed by atoms with Crippen molar-refractivity contribution in [3.63, 3.8) is 0 Å². The average Bonchev–Trinajstić information content (AvgIpc) is 3.16. The van der Waals surface area contributed by atoms with Gasteiger partial charge in [0.2, 0.25) is 0 Å². The van der Waals surface area contributed by atoms with Gasteiger partial charge in [-0.05, 0) is 73.2 Å². The predicted octanol–water partition coefficient (Wildman–Crippen LogP) is 5.30. The first-order chi connectivity index (χ1) is 18.3. The number of hydrazine groups is 1. The van der Waals surface area contributed by atoms with Gasteiger partial charge < -0.3 is 14.8 Å². The van der Waals surface area contributed by atoms with Crippen LogP contribution in [0.5, 0.6) is 11.5 Å². The number of ether oxygens (including phenoxy) is 2. The fourth-order valence-corrected chi connectivity index (χ4v) is 4.75. The molecule has 0 unspecified atom stereocenters. The van der Waals surface area contributed by atoms with Gasteiger partial charge in [0.05, 0.1) is 11.5 Å². The summed E-state index contributed by atoms with van der Waals surface area (Å²) in [4.78, 5) is 38.1. The number of nitrogens with one attached hydrogen (secondary N) is 2. The van der Waals surface area contributed by atoms with E-state index in [4.69, 9.17) is 33.3 Å². The lowest BCUT2D eigenvalue weighted by Gasteiger charge is -2.15. The molecule has 3 aromatic carbocycles. The van der Waals surface area contributed by atoms with Crippen molar-refractivity contribution in [1.82, 2.24) is 10.4 Å². The van der Waals surface area contributed by atoms with Gasteiger partial charge >= 0.3 is 0 Å². The second-order valence-corrected chi connectivity index (χ2v) is 9.92. The molecule has 0 radical (unpaired) electrons. The Hall–Kier alpha value is -3.86. The summed E-state index contributed by atoms with van der Waals surface area (Å²) in [6.07, 6.45) is 1.64. The van der Waals surface area contributed by atoms with Gasteiger partial charge in [-0.3, -0.25) is 19.8 Å². The highest BCUT2D eigenvalue weighted by Gasteiger charge is 2.33. The van der Waals surface area contributed by atoms with E-state index in [9.17, 15) is 14.4 Å². The molecule has 194 valence electrons. The van der Waals surface area contributed by atoms with Crippen molar-refractivity contribution >= 4 is 69.4 Å². The van der Waals surface area contributed by atoms with Crippen LogP contribution < -0.4 is 20.2 Å². The lowest BCUT2D eigenvalue weighted by atomic mass is 10.2. The minimum absolute atomic E-state index is 0.209. The molecule has 3 aromatic rings. The summed E-state index contributed by atoms with van der Waals surface area (Å²) >= 11 is 12.3. The Kier molecular flexibility index (Phi) is 9.01. The molecule has 0 aliphatic carbocycles. The molecule has 0 aromatic heterocycles. The number of benzene rings is 3.